The van der Waals surface area contributed by atoms with Gasteiger partial charge in [0.25, 0.3) is 0 Å². The summed E-state index contributed by atoms with van der Waals surface area (Å²) in [6.07, 6.45) is 0. The molecule has 4 N–H and O–H groups in total. The van der Waals surface area contributed by atoms with Gasteiger partial charge in [-0.2, -0.15) is 0 Å². The molecule has 36 heavy (non-hydrogen) atoms. The second-order valence-electron chi connectivity index (χ2n) is 7.68. The van der Waals surface area contributed by atoms with Crippen LogP contribution in [0.2, 0.25) is 0 Å². The van der Waals surface area contributed by atoms with Crippen molar-refractivity contribution in [3.05, 3.63) is 121 Å². The molecule has 0 aromatic heterocycles. The molecule has 0 aliphatic heterocycles. The predicted octanol–water partition coefficient (Wildman–Crippen LogP) is 6.76. The fourth-order valence-electron chi connectivity index (χ4n) is 3.22. The van der Waals surface area contributed by atoms with Gasteiger partial charge in [0.2, 0.25) is 0 Å². The van der Waals surface area contributed by atoms with E-state index >= 15 is 0 Å². The van der Waals surface area contributed by atoms with Crippen LogP contribution >= 0.6 is 15.3 Å². The lowest BCUT2D eigenvalue weighted by Crippen LogP contribution is -2.30. The van der Waals surface area contributed by atoms with E-state index in [-0.39, 0.29) is 13.1 Å². The summed E-state index contributed by atoms with van der Waals surface area (Å²) >= 11 is 0. The van der Waals surface area contributed by atoms with Crippen molar-refractivity contribution in [2.75, 3.05) is 23.3 Å². The average molecular weight is 522 g/mol. The van der Waals surface area contributed by atoms with Crippen LogP contribution < -0.4 is 29.4 Å². The Hall–Kier alpha value is -3.54. The fourth-order valence-corrected chi connectivity index (χ4v) is 6.23. The van der Waals surface area contributed by atoms with Gasteiger partial charge in [-0.1, -0.05) is 72.8 Å². The number of rotatable bonds is 13. The van der Waals surface area contributed by atoms with Crippen molar-refractivity contribution >= 4 is 26.7 Å². The highest BCUT2D eigenvalue weighted by molar-refractivity contribution is 7.59. The molecule has 0 heterocycles. The molecule has 4 aromatic rings. The number of benzene rings is 4. The molecular weight excluding hydrogens is 494 g/mol. The van der Waals surface area contributed by atoms with Crippen LogP contribution in [-0.4, -0.2) is 13.1 Å². The molecular formula is C26H28N4O4P2. The van der Waals surface area contributed by atoms with E-state index < -0.39 is 15.3 Å². The lowest BCUT2D eigenvalue weighted by Gasteiger charge is -2.24. The fraction of sp³-hybridized carbons (Fsp3) is 0.0769. The number of para-hydroxylation sites is 4. The number of nitrogens with one attached hydrogen (secondary N) is 4. The highest BCUT2D eigenvalue weighted by atomic mass is 31.2. The normalized spacial score (nSPS) is 14.1. The molecule has 0 saturated heterocycles. The highest BCUT2D eigenvalue weighted by Gasteiger charge is 2.27. The van der Waals surface area contributed by atoms with E-state index in [1.54, 1.807) is 72.8 Å². The first-order valence-corrected chi connectivity index (χ1v) is 14.6. The van der Waals surface area contributed by atoms with E-state index in [4.69, 9.17) is 9.05 Å². The first-order chi connectivity index (χ1) is 17.5. The van der Waals surface area contributed by atoms with Crippen LogP contribution in [0.25, 0.3) is 0 Å². The Morgan fingerprint density at radius 2 is 0.778 bits per heavy atom. The smallest absolute Gasteiger partial charge is 0.417 e. The van der Waals surface area contributed by atoms with Crippen LogP contribution in [-0.2, 0) is 9.13 Å². The zero-order valence-corrected chi connectivity index (χ0v) is 21.3. The first kappa shape index (κ1) is 25.5. The molecule has 0 radical (unpaired) electrons. The summed E-state index contributed by atoms with van der Waals surface area (Å²) in [5, 5.41) is 11.8. The Labute approximate surface area is 211 Å². The third-order valence-electron chi connectivity index (χ3n) is 4.82. The van der Waals surface area contributed by atoms with Gasteiger partial charge in [-0.15, -0.1) is 0 Å². The molecule has 2 atom stereocenters. The molecule has 0 aliphatic rings. The average Bonchev–Trinajstić information content (AvgIpc) is 2.89. The molecule has 0 aliphatic carbocycles. The summed E-state index contributed by atoms with van der Waals surface area (Å²) in [6, 6.07) is 36.1. The van der Waals surface area contributed by atoms with E-state index in [0.717, 1.165) is 0 Å². The SMILES string of the molecule is O=P(NCCNP(=O)(Nc1ccccc1)Oc1ccccc1)(Nc1ccccc1)Oc1ccccc1. The molecule has 0 spiro atoms. The molecule has 0 saturated carbocycles. The van der Waals surface area contributed by atoms with Gasteiger partial charge in [-0.3, -0.25) is 10.2 Å². The molecule has 2 unspecified atom stereocenters. The monoisotopic (exact) mass is 522 g/mol. The molecule has 4 aromatic carbocycles. The van der Waals surface area contributed by atoms with Gasteiger partial charge in [0.15, 0.2) is 0 Å². The highest BCUT2D eigenvalue weighted by Crippen LogP contribution is 2.44. The van der Waals surface area contributed by atoms with E-state index in [9.17, 15) is 9.13 Å². The maximum Gasteiger partial charge on any atom is 0.417 e. The van der Waals surface area contributed by atoms with Crippen molar-refractivity contribution in [1.29, 1.82) is 0 Å². The van der Waals surface area contributed by atoms with E-state index in [1.165, 1.54) is 0 Å². The lowest BCUT2D eigenvalue weighted by atomic mass is 10.3. The summed E-state index contributed by atoms with van der Waals surface area (Å²) in [6.45, 7) is 0.338. The van der Waals surface area contributed by atoms with Crippen molar-refractivity contribution in [1.82, 2.24) is 10.2 Å². The summed E-state index contributed by atoms with van der Waals surface area (Å²) in [7, 11) is -7.14. The van der Waals surface area contributed by atoms with Crippen molar-refractivity contribution in [3.8, 4) is 11.5 Å². The maximum atomic E-state index is 13.7. The first-order valence-electron chi connectivity index (χ1n) is 11.4. The van der Waals surface area contributed by atoms with E-state index in [0.29, 0.717) is 22.9 Å². The molecule has 0 amide bonds. The van der Waals surface area contributed by atoms with Crippen molar-refractivity contribution < 1.29 is 18.2 Å². The molecule has 4 rings (SSSR count). The quantitative estimate of drug-likeness (QED) is 0.113. The van der Waals surface area contributed by atoms with Gasteiger partial charge in [-0.05, 0) is 48.5 Å². The van der Waals surface area contributed by atoms with Gasteiger partial charge < -0.3 is 9.05 Å². The van der Waals surface area contributed by atoms with Gasteiger partial charge in [-0.25, -0.2) is 19.3 Å². The Morgan fingerprint density at radius 1 is 0.472 bits per heavy atom. The largest absolute Gasteiger partial charge is 0.418 e. The van der Waals surface area contributed by atoms with E-state index in [2.05, 4.69) is 20.3 Å². The zero-order valence-electron chi connectivity index (χ0n) is 19.5. The third kappa shape index (κ3) is 8.01. The molecule has 0 bridgehead atoms. The molecule has 8 nitrogen and oxygen atoms in total. The Balaban J connectivity index is 1.43. The molecule has 186 valence electrons. The minimum absolute atomic E-state index is 0.169. The lowest BCUT2D eigenvalue weighted by molar-refractivity contribution is 0.463. The van der Waals surface area contributed by atoms with E-state index in [1.807, 2.05) is 48.5 Å². The van der Waals surface area contributed by atoms with Gasteiger partial charge in [0.1, 0.15) is 11.5 Å². The van der Waals surface area contributed by atoms with Gasteiger partial charge in [0.05, 0.1) is 0 Å². The molecule has 0 fully saturated rings. The Kier molecular flexibility index (Phi) is 8.82. The number of hydrogen-bond donors (Lipinski definition) is 4. The Morgan fingerprint density at radius 3 is 1.11 bits per heavy atom. The Bertz CT molecular complexity index is 1100. The maximum absolute atomic E-state index is 13.7. The van der Waals surface area contributed by atoms with Crippen LogP contribution in [0.3, 0.4) is 0 Å². The summed E-state index contributed by atoms with van der Waals surface area (Å²) in [4.78, 5) is 0. The van der Waals surface area contributed by atoms with Crippen LogP contribution in [0.5, 0.6) is 11.5 Å². The van der Waals surface area contributed by atoms with Crippen LogP contribution in [0.15, 0.2) is 121 Å². The minimum Gasteiger partial charge on any atom is -0.418 e. The van der Waals surface area contributed by atoms with Crippen molar-refractivity contribution in [2.24, 2.45) is 0 Å². The van der Waals surface area contributed by atoms with Crippen LogP contribution in [0.1, 0.15) is 0 Å². The number of anilines is 2. The van der Waals surface area contributed by atoms with Crippen LogP contribution in [0, 0.1) is 0 Å². The van der Waals surface area contributed by atoms with Crippen molar-refractivity contribution in [2.45, 2.75) is 0 Å². The van der Waals surface area contributed by atoms with Crippen LogP contribution in [0.4, 0.5) is 11.4 Å². The second-order valence-corrected chi connectivity index (χ2v) is 11.3. The summed E-state index contributed by atoms with van der Waals surface area (Å²) in [5.74, 6) is 0.905. The second kappa shape index (κ2) is 12.4. The third-order valence-corrected chi connectivity index (χ3v) is 8.14. The standard InChI is InChI=1S/C26H28N4O4P2/c31-35(29-23-13-5-1-6-14-23,33-25-17-9-3-10-18-25)27-21-22-28-36(32,30-24-15-7-2-8-16-24)34-26-19-11-4-12-20-26/h1-20H,21-22H2,(H2,27,29,31)(H2,28,30,32). The minimum atomic E-state index is -3.57. The number of hydrogen-bond acceptors (Lipinski definition) is 4. The topological polar surface area (TPSA) is 101 Å². The van der Waals surface area contributed by atoms with Gasteiger partial charge >= 0.3 is 15.3 Å². The zero-order chi connectivity index (χ0) is 25.1. The van der Waals surface area contributed by atoms with Crippen molar-refractivity contribution in [3.63, 3.8) is 0 Å². The summed E-state index contributed by atoms with van der Waals surface area (Å²) < 4.78 is 39.0. The van der Waals surface area contributed by atoms with Gasteiger partial charge in [0, 0.05) is 24.5 Å². The summed E-state index contributed by atoms with van der Waals surface area (Å²) in [5.41, 5.74) is 1.28. The predicted molar refractivity (Wildman–Crippen MR) is 145 cm³/mol. The molecule has 10 heteroatoms.